The second-order valence-electron chi connectivity index (χ2n) is 9.34. The van der Waals surface area contributed by atoms with Crippen molar-refractivity contribution >= 4 is 18.3 Å². The summed E-state index contributed by atoms with van der Waals surface area (Å²) in [6.45, 7) is 15.1. The number of halogens is 1. The molecule has 0 N–H and O–H groups in total. The summed E-state index contributed by atoms with van der Waals surface area (Å²) in [6, 6.07) is 0. The molecule has 0 fully saturated rings. The molecule has 0 aliphatic rings. The summed E-state index contributed by atoms with van der Waals surface area (Å²) in [5.41, 5.74) is 0.577. The van der Waals surface area contributed by atoms with Gasteiger partial charge in [0.1, 0.15) is 0 Å². The maximum atomic E-state index is 12.3. The van der Waals surface area contributed by atoms with Gasteiger partial charge in [0.15, 0.2) is 0 Å². The molecule has 0 aromatic heterocycles. The number of hydrogen-bond donors (Lipinski definition) is 0. The number of likely N-dealkylation sites (N-methyl/N-ethyl adjacent to an activating group) is 1. The number of hydrogen-bond acceptors (Lipinski definition) is 1. The van der Waals surface area contributed by atoms with Gasteiger partial charge in [-0.1, -0.05) is 110 Å². The Kier molecular flexibility index (Phi) is 20.6. The van der Waals surface area contributed by atoms with Gasteiger partial charge in [0.2, 0.25) is 5.91 Å². The molecule has 0 aromatic carbocycles. The molecule has 0 heterocycles. The van der Waals surface area contributed by atoms with Crippen molar-refractivity contribution < 1.29 is 4.79 Å². The minimum absolute atomic E-state index is 0. The maximum Gasteiger partial charge on any atom is 0.249 e. The largest absolute Gasteiger partial charge is 0.334 e. The minimum Gasteiger partial charge on any atom is -0.334 e. The van der Waals surface area contributed by atoms with Crippen LogP contribution >= 0.6 is 12.4 Å². The molecule has 0 aliphatic heterocycles. The smallest absolute Gasteiger partial charge is 0.249 e. The van der Waals surface area contributed by atoms with Crippen LogP contribution < -0.4 is 0 Å². The molecule has 0 spiro atoms. The fourth-order valence-corrected chi connectivity index (χ4v) is 4.14. The van der Waals surface area contributed by atoms with Gasteiger partial charge in [-0.2, -0.15) is 0 Å². The molecule has 0 rings (SSSR count). The van der Waals surface area contributed by atoms with Crippen molar-refractivity contribution in [3.8, 4) is 0 Å². The predicted octanol–water partition coefficient (Wildman–Crippen LogP) is 8.87. The van der Waals surface area contributed by atoms with E-state index in [-0.39, 0.29) is 23.9 Å². The van der Waals surface area contributed by atoms with E-state index in [1.165, 1.54) is 96.3 Å². The van der Waals surface area contributed by atoms with Crippen molar-refractivity contribution in [2.75, 3.05) is 6.54 Å². The standard InChI is InChI=1S/C26H51NO.ClH/c1-7-9-10-11-12-13-14-15-16-17-18-19-20-21-22-23-26(5,6)27(8-2)25(28)24(3)4;/h3,7-23H2,1-2,4-6H3;1H. The summed E-state index contributed by atoms with van der Waals surface area (Å²) in [7, 11) is 0. The van der Waals surface area contributed by atoms with E-state index < -0.39 is 0 Å². The zero-order chi connectivity index (χ0) is 21.3. The van der Waals surface area contributed by atoms with E-state index >= 15 is 0 Å². The van der Waals surface area contributed by atoms with Gasteiger partial charge in [0.05, 0.1) is 0 Å². The van der Waals surface area contributed by atoms with Gasteiger partial charge in [-0.15, -0.1) is 12.4 Å². The van der Waals surface area contributed by atoms with E-state index in [1.807, 2.05) is 11.8 Å². The Morgan fingerprint density at radius 3 is 1.38 bits per heavy atom. The van der Waals surface area contributed by atoms with E-state index in [1.54, 1.807) is 0 Å². The third kappa shape index (κ3) is 15.9. The maximum absolute atomic E-state index is 12.3. The third-order valence-electron chi connectivity index (χ3n) is 6.05. The highest BCUT2D eigenvalue weighted by atomic mass is 35.5. The van der Waals surface area contributed by atoms with Gasteiger partial charge in [-0.3, -0.25) is 4.79 Å². The van der Waals surface area contributed by atoms with Crippen LogP contribution in [0.25, 0.3) is 0 Å². The van der Waals surface area contributed by atoms with Crippen molar-refractivity contribution in [1.29, 1.82) is 0 Å². The number of carbonyl (C=O) groups is 1. The molecule has 2 nitrogen and oxygen atoms in total. The van der Waals surface area contributed by atoms with Crippen molar-refractivity contribution in [1.82, 2.24) is 4.90 Å². The number of rotatable bonds is 19. The highest BCUT2D eigenvalue weighted by molar-refractivity contribution is 5.92. The molecule has 0 saturated heterocycles. The lowest BCUT2D eigenvalue weighted by Crippen LogP contribution is -2.47. The number of unbranched alkanes of at least 4 members (excludes halogenated alkanes) is 14. The molecule has 0 unspecified atom stereocenters. The van der Waals surface area contributed by atoms with Crippen LogP contribution in [0.1, 0.15) is 137 Å². The van der Waals surface area contributed by atoms with Gasteiger partial charge in [0.25, 0.3) is 0 Å². The Morgan fingerprint density at radius 2 is 1.07 bits per heavy atom. The van der Waals surface area contributed by atoms with Gasteiger partial charge in [0, 0.05) is 17.7 Å². The molecular formula is C26H52ClNO. The molecule has 0 saturated carbocycles. The van der Waals surface area contributed by atoms with Crippen LogP contribution in [-0.4, -0.2) is 22.9 Å². The quantitative estimate of drug-likeness (QED) is 0.148. The predicted molar refractivity (Wildman–Crippen MR) is 133 cm³/mol. The summed E-state index contributed by atoms with van der Waals surface area (Å²) >= 11 is 0. The fraction of sp³-hybridized carbons (Fsp3) is 0.885. The second-order valence-corrected chi connectivity index (χ2v) is 9.34. The molecule has 0 radical (unpaired) electrons. The first-order valence-electron chi connectivity index (χ1n) is 12.3. The summed E-state index contributed by atoms with van der Waals surface area (Å²) in [5, 5.41) is 0. The lowest BCUT2D eigenvalue weighted by atomic mass is 9.93. The minimum atomic E-state index is -0.0681. The van der Waals surface area contributed by atoms with Crippen LogP contribution in [0.15, 0.2) is 12.2 Å². The molecule has 1 amide bonds. The highest BCUT2D eigenvalue weighted by Crippen LogP contribution is 2.24. The molecule has 0 bridgehead atoms. The Bertz CT molecular complexity index is 406. The lowest BCUT2D eigenvalue weighted by molar-refractivity contribution is -0.132. The average Bonchev–Trinajstić information content (AvgIpc) is 2.65. The van der Waals surface area contributed by atoms with Crippen LogP contribution in [0.2, 0.25) is 0 Å². The third-order valence-corrected chi connectivity index (χ3v) is 6.05. The van der Waals surface area contributed by atoms with Gasteiger partial charge in [-0.25, -0.2) is 0 Å². The highest BCUT2D eigenvalue weighted by Gasteiger charge is 2.29. The first kappa shape index (κ1) is 30.7. The average molecular weight is 430 g/mol. The molecule has 0 aliphatic carbocycles. The van der Waals surface area contributed by atoms with Crippen LogP contribution in [0.3, 0.4) is 0 Å². The molecule has 29 heavy (non-hydrogen) atoms. The Morgan fingerprint density at radius 1 is 0.724 bits per heavy atom. The summed E-state index contributed by atoms with van der Waals surface area (Å²) < 4.78 is 0. The molecule has 174 valence electrons. The van der Waals surface area contributed by atoms with E-state index in [0.717, 1.165) is 13.0 Å². The van der Waals surface area contributed by atoms with E-state index in [2.05, 4.69) is 34.3 Å². The van der Waals surface area contributed by atoms with Gasteiger partial charge in [-0.05, 0) is 34.1 Å². The fourth-order valence-electron chi connectivity index (χ4n) is 4.14. The first-order chi connectivity index (χ1) is 13.4. The van der Waals surface area contributed by atoms with Crippen LogP contribution in [0.4, 0.5) is 0 Å². The Hall–Kier alpha value is -0.500. The summed E-state index contributed by atoms with van der Waals surface area (Å²) in [6.07, 6.45) is 22.0. The molecular weight excluding hydrogens is 378 g/mol. The van der Waals surface area contributed by atoms with Crippen LogP contribution in [0.5, 0.6) is 0 Å². The van der Waals surface area contributed by atoms with Gasteiger partial charge >= 0.3 is 0 Å². The Labute approximate surface area is 189 Å². The van der Waals surface area contributed by atoms with E-state index in [4.69, 9.17) is 0 Å². The summed E-state index contributed by atoms with van der Waals surface area (Å²) in [4.78, 5) is 14.3. The lowest BCUT2D eigenvalue weighted by Gasteiger charge is -2.38. The SMILES string of the molecule is C=C(C)C(=O)N(CC)C(C)(C)CCCCCCCCCCCCCCCCC.Cl. The van der Waals surface area contributed by atoms with Crippen molar-refractivity contribution in [2.45, 2.75) is 143 Å². The normalized spacial score (nSPS) is 11.2. The van der Waals surface area contributed by atoms with Crippen LogP contribution in [0, 0.1) is 0 Å². The zero-order valence-corrected chi connectivity index (χ0v) is 21.3. The van der Waals surface area contributed by atoms with Crippen LogP contribution in [-0.2, 0) is 4.79 Å². The van der Waals surface area contributed by atoms with Crippen molar-refractivity contribution in [3.63, 3.8) is 0 Å². The molecule has 0 atom stereocenters. The monoisotopic (exact) mass is 429 g/mol. The second kappa shape index (κ2) is 19.5. The molecule has 0 aromatic rings. The van der Waals surface area contributed by atoms with Crippen molar-refractivity contribution in [3.05, 3.63) is 12.2 Å². The zero-order valence-electron chi connectivity index (χ0n) is 20.5. The van der Waals surface area contributed by atoms with E-state index in [0.29, 0.717) is 5.57 Å². The number of nitrogens with zero attached hydrogens (tertiary/aromatic N) is 1. The van der Waals surface area contributed by atoms with E-state index in [9.17, 15) is 4.79 Å². The topological polar surface area (TPSA) is 20.3 Å². The van der Waals surface area contributed by atoms with Crippen molar-refractivity contribution in [2.24, 2.45) is 0 Å². The number of amides is 1. The first-order valence-corrected chi connectivity index (χ1v) is 12.3. The summed E-state index contributed by atoms with van der Waals surface area (Å²) in [5.74, 6) is 0.105. The Balaban J connectivity index is 0. The van der Waals surface area contributed by atoms with Gasteiger partial charge < -0.3 is 4.90 Å². The molecule has 3 heteroatoms. The number of carbonyl (C=O) groups excluding carboxylic acids is 1.